The molecular weight excluding hydrogens is 242 g/mol. The van der Waals surface area contributed by atoms with Gasteiger partial charge >= 0.3 is 0 Å². The van der Waals surface area contributed by atoms with Crippen LogP contribution < -0.4 is 4.74 Å². The zero-order chi connectivity index (χ0) is 13.7. The summed E-state index contributed by atoms with van der Waals surface area (Å²) in [5.74, 6) is 0.133. The van der Waals surface area contributed by atoms with Gasteiger partial charge in [-0.15, -0.1) is 0 Å². The Hall–Kier alpha value is -2.20. The van der Waals surface area contributed by atoms with Gasteiger partial charge in [-0.3, -0.25) is 9.78 Å². The first-order chi connectivity index (χ1) is 9.22. The molecule has 0 aliphatic rings. The van der Waals surface area contributed by atoms with Gasteiger partial charge in [0.25, 0.3) is 0 Å². The van der Waals surface area contributed by atoms with Crippen LogP contribution in [0.15, 0.2) is 48.8 Å². The normalized spacial score (nSPS) is 11.9. The van der Waals surface area contributed by atoms with E-state index in [1.54, 1.807) is 30.3 Å². The number of ether oxygens (including phenoxy) is 1. The fourth-order valence-corrected chi connectivity index (χ4v) is 1.74. The minimum absolute atomic E-state index is 0.335. The third kappa shape index (κ3) is 3.17. The van der Waals surface area contributed by atoms with Crippen LogP contribution in [0.4, 0.5) is 0 Å². The molecule has 0 saturated carbocycles. The first-order valence-electron chi connectivity index (χ1n) is 6.07. The number of carbonyl (C=O) groups excluding carboxylic acids is 1. The number of Topliss-reactive ketones (excluding diaryl/α,β-unsaturated/α-hetero) is 1. The van der Waals surface area contributed by atoms with Gasteiger partial charge in [-0.2, -0.15) is 0 Å². The maximum absolute atomic E-state index is 12.2. The highest BCUT2D eigenvalue weighted by molar-refractivity contribution is 5.99. The van der Waals surface area contributed by atoms with E-state index in [0.29, 0.717) is 23.5 Å². The Kier molecular flexibility index (Phi) is 4.26. The van der Waals surface area contributed by atoms with E-state index in [1.807, 2.05) is 13.0 Å². The Morgan fingerprint density at radius 3 is 2.74 bits per heavy atom. The molecule has 1 aromatic carbocycles. The molecule has 0 spiro atoms. The Morgan fingerprint density at radius 1 is 1.32 bits per heavy atom. The van der Waals surface area contributed by atoms with Crippen LogP contribution in [0.1, 0.15) is 28.9 Å². The van der Waals surface area contributed by atoms with Crippen LogP contribution >= 0.6 is 0 Å². The van der Waals surface area contributed by atoms with Crippen molar-refractivity contribution in [2.24, 2.45) is 0 Å². The molecule has 2 aromatic rings. The molecule has 0 radical (unpaired) electrons. The van der Waals surface area contributed by atoms with Gasteiger partial charge in [-0.05, 0) is 18.6 Å². The summed E-state index contributed by atoms with van der Waals surface area (Å²) in [7, 11) is 0. The lowest BCUT2D eigenvalue weighted by molar-refractivity contribution is 0.0746. The third-order valence-corrected chi connectivity index (χ3v) is 2.67. The Bertz CT molecular complexity index is 554. The number of hydrogen-bond acceptors (Lipinski definition) is 4. The van der Waals surface area contributed by atoms with Gasteiger partial charge in [0, 0.05) is 11.8 Å². The number of carbonyl (C=O) groups is 1. The zero-order valence-electron chi connectivity index (χ0n) is 10.6. The molecule has 0 saturated heterocycles. The predicted molar refractivity (Wildman–Crippen MR) is 71.1 cm³/mol. The highest BCUT2D eigenvalue weighted by atomic mass is 16.5. The van der Waals surface area contributed by atoms with E-state index < -0.39 is 6.10 Å². The number of pyridine rings is 1. The summed E-state index contributed by atoms with van der Waals surface area (Å²) in [5, 5.41) is 10.0. The van der Waals surface area contributed by atoms with Gasteiger partial charge in [0.2, 0.25) is 0 Å². The average Bonchev–Trinajstić information content (AvgIpc) is 2.47. The van der Waals surface area contributed by atoms with Gasteiger partial charge in [-0.25, -0.2) is 0 Å². The number of ketones is 1. The van der Waals surface area contributed by atoms with E-state index in [1.165, 1.54) is 12.4 Å². The van der Waals surface area contributed by atoms with Crippen molar-refractivity contribution in [2.45, 2.75) is 13.0 Å². The van der Waals surface area contributed by atoms with Gasteiger partial charge in [0.1, 0.15) is 11.9 Å². The zero-order valence-corrected chi connectivity index (χ0v) is 10.6. The lowest BCUT2D eigenvalue weighted by atomic mass is 10.0. The summed E-state index contributed by atoms with van der Waals surface area (Å²) in [6.45, 7) is 2.36. The van der Waals surface area contributed by atoms with E-state index in [2.05, 4.69) is 4.98 Å². The topological polar surface area (TPSA) is 59.4 Å². The van der Waals surface area contributed by atoms with Gasteiger partial charge in [0.15, 0.2) is 5.78 Å². The van der Waals surface area contributed by atoms with Crippen molar-refractivity contribution in [2.75, 3.05) is 6.61 Å². The predicted octanol–water partition coefficient (Wildman–Crippen LogP) is 2.40. The number of hydrogen-bond donors (Lipinski definition) is 1. The van der Waals surface area contributed by atoms with Crippen molar-refractivity contribution in [3.05, 3.63) is 59.9 Å². The van der Waals surface area contributed by atoms with Crippen molar-refractivity contribution in [1.29, 1.82) is 0 Å². The Morgan fingerprint density at radius 2 is 2.05 bits per heavy atom. The molecule has 2 rings (SSSR count). The van der Waals surface area contributed by atoms with Crippen LogP contribution in [-0.2, 0) is 0 Å². The fraction of sp³-hybridized carbons (Fsp3) is 0.200. The number of aromatic nitrogens is 1. The molecule has 1 aromatic heterocycles. The van der Waals surface area contributed by atoms with Crippen LogP contribution in [-0.4, -0.2) is 22.5 Å². The second kappa shape index (κ2) is 6.11. The van der Waals surface area contributed by atoms with E-state index in [-0.39, 0.29) is 5.78 Å². The molecule has 1 atom stereocenters. The minimum Gasteiger partial charge on any atom is -0.492 e. The molecular formula is C15H15NO3. The molecule has 0 aliphatic carbocycles. The number of aliphatic hydroxyl groups excluding tert-OH is 1. The molecule has 1 N–H and O–H groups in total. The number of rotatable bonds is 5. The lowest BCUT2D eigenvalue weighted by Crippen LogP contribution is -2.12. The molecule has 4 nitrogen and oxygen atoms in total. The monoisotopic (exact) mass is 257 g/mol. The number of aliphatic hydroxyl groups is 1. The molecule has 0 amide bonds. The molecule has 19 heavy (non-hydrogen) atoms. The first-order valence-corrected chi connectivity index (χ1v) is 6.07. The van der Waals surface area contributed by atoms with Gasteiger partial charge in [-0.1, -0.05) is 30.3 Å². The maximum Gasteiger partial charge on any atom is 0.197 e. The molecule has 1 heterocycles. The summed E-state index contributed by atoms with van der Waals surface area (Å²) >= 11 is 0. The maximum atomic E-state index is 12.2. The highest BCUT2D eigenvalue weighted by Crippen LogP contribution is 2.20. The molecule has 98 valence electrons. The standard InChI is InChI=1S/C15H15NO3/c1-2-19-13-8-12(9-16-10-13)15(18)14(17)11-6-4-3-5-7-11/h3-10,14,17H,2H2,1H3. The Labute approximate surface area is 111 Å². The van der Waals surface area contributed by atoms with Crippen LogP contribution in [0.3, 0.4) is 0 Å². The Balaban J connectivity index is 2.22. The molecule has 0 bridgehead atoms. The summed E-state index contributed by atoms with van der Waals surface area (Å²) in [5.41, 5.74) is 0.900. The van der Waals surface area contributed by atoms with Gasteiger partial charge < -0.3 is 9.84 Å². The van der Waals surface area contributed by atoms with Crippen LogP contribution in [0.25, 0.3) is 0 Å². The second-order valence-corrected chi connectivity index (χ2v) is 4.02. The minimum atomic E-state index is -1.18. The summed E-state index contributed by atoms with van der Waals surface area (Å²) in [4.78, 5) is 16.1. The SMILES string of the molecule is CCOc1cncc(C(=O)C(O)c2ccccc2)c1. The number of nitrogens with zero attached hydrogens (tertiary/aromatic N) is 1. The molecule has 4 heteroatoms. The second-order valence-electron chi connectivity index (χ2n) is 4.02. The summed E-state index contributed by atoms with van der Waals surface area (Å²) in [6.07, 6.45) is 1.78. The summed E-state index contributed by atoms with van der Waals surface area (Å²) in [6, 6.07) is 10.4. The third-order valence-electron chi connectivity index (χ3n) is 2.67. The number of benzene rings is 1. The van der Waals surface area contributed by atoms with E-state index in [4.69, 9.17) is 4.74 Å². The van der Waals surface area contributed by atoms with Crippen molar-refractivity contribution in [3.8, 4) is 5.75 Å². The fourth-order valence-electron chi connectivity index (χ4n) is 1.74. The first kappa shape index (κ1) is 13.2. The van der Waals surface area contributed by atoms with Gasteiger partial charge in [0.05, 0.1) is 12.8 Å². The van der Waals surface area contributed by atoms with Crippen molar-refractivity contribution in [3.63, 3.8) is 0 Å². The molecule has 0 fully saturated rings. The van der Waals surface area contributed by atoms with Crippen molar-refractivity contribution < 1.29 is 14.6 Å². The van der Waals surface area contributed by atoms with E-state index in [9.17, 15) is 9.90 Å². The van der Waals surface area contributed by atoms with Crippen LogP contribution in [0.2, 0.25) is 0 Å². The van der Waals surface area contributed by atoms with Crippen molar-refractivity contribution in [1.82, 2.24) is 4.98 Å². The largest absolute Gasteiger partial charge is 0.492 e. The van der Waals surface area contributed by atoms with E-state index >= 15 is 0 Å². The van der Waals surface area contributed by atoms with E-state index in [0.717, 1.165) is 0 Å². The molecule has 0 aliphatic heterocycles. The lowest BCUT2D eigenvalue weighted by Gasteiger charge is -2.10. The summed E-state index contributed by atoms with van der Waals surface area (Å²) < 4.78 is 5.29. The smallest absolute Gasteiger partial charge is 0.197 e. The van der Waals surface area contributed by atoms with Crippen molar-refractivity contribution >= 4 is 5.78 Å². The highest BCUT2D eigenvalue weighted by Gasteiger charge is 2.19. The molecule has 1 unspecified atom stereocenters. The van der Waals surface area contributed by atoms with Crippen LogP contribution in [0, 0.1) is 0 Å². The quantitative estimate of drug-likeness (QED) is 0.835. The van der Waals surface area contributed by atoms with Crippen LogP contribution in [0.5, 0.6) is 5.75 Å². The average molecular weight is 257 g/mol.